The van der Waals surface area contributed by atoms with Crippen molar-refractivity contribution >= 4 is 43.7 Å². The predicted octanol–water partition coefficient (Wildman–Crippen LogP) is 13.7. The van der Waals surface area contributed by atoms with Crippen molar-refractivity contribution in [2.75, 3.05) is 0 Å². The second kappa shape index (κ2) is 13.0. The van der Waals surface area contributed by atoms with Crippen molar-refractivity contribution in [1.82, 2.24) is 15.0 Å². The van der Waals surface area contributed by atoms with Crippen LogP contribution in [-0.2, 0) is 6.42 Å². The third-order valence-corrected chi connectivity index (χ3v) is 11.7. The highest BCUT2D eigenvalue weighted by molar-refractivity contribution is 6.13. The molecule has 1 unspecified atom stereocenters. The minimum absolute atomic E-state index is 0.00610. The molecule has 0 fully saturated rings. The van der Waals surface area contributed by atoms with Gasteiger partial charge in [0.05, 0.1) is 0 Å². The van der Waals surface area contributed by atoms with E-state index in [4.69, 9.17) is 23.8 Å². The molecule has 5 nitrogen and oxygen atoms in total. The van der Waals surface area contributed by atoms with Crippen LogP contribution in [0, 0.1) is 0 Å². The fraction of sp³-hybridized carbons (Fsp3) is 0.0377. The SMILES string of the molecule is c1ccc(-c2ccc(-c3nc(-c4ccc5ccccc5c4)nc(-c4ccc(C5Cc6oc7ccccc7c6-c6ccccc65)c5oc6ccccc6c45)n3)cc2)cc1. The Morgan fingerprint density at radius 1 is 0.414 bits per heavy atom. The van der Waals surface area contributed by atoms with E-state index in [1.54, 1.807) is 0 Å². The van der Waals surface area contributed by atoms with Gasteiger partial charge in [-0.2, -0.15) is 0 Å². The van der Waals surface area contributed by atoms with Crippen LogP contribution in [0.2, 0.25) is 0 Å². The molecule has 0 saturated carbocycles. The number of hydrogen-bond acceptors (Lipinski definition) is 5. The summed E-state index contributed by atoms with van der Waals surface area (Å²) in [5, 5.41) is 5.45. The number of aromatic nitrogens is 3. The quantitative estimate of drug-likeness (QED) is 0.176. The standard InChI is InChI=1S/C53H33N3O2/c1-2-12-32(13-3-1)34-22-25-35(26-23-34)51-54-52(37-27-24-33-14-4-5-15-36(33)30-37)56-53(55-51)43-29-28-40(50-49(43)42-19-9-11-21-46(42)58-50)44-31-47-48(39-17-7-6-16-38(39)44)41-18-8-10-20-45(41)57-47/h1-30,44H,31H2. The van der Waals surface area contributed by atoms with Crippen LogP contribution in [0.15, 0.2) is 191 Å². The van der Waals surface area contributed by atoms with Gasteiger partial charge in [0.2, 0.25) is 0 Å². The van der Waals surface area contributed by atoms with Crippen molar-refractivity contribution in [3.63, 3.8) is 0 Å². The molecule has 1 aliphatic carbocycles. The molecule has 5 heteroatoms. The van der Waals surface area contributed by atoms with Gasteiger partial charge in [0.25, 0.3) is 0 Å². The number of furan rings is 2. The van der Waals surface area contributed by atoms with E-state index in [0.29, 0.717) is 23.9 Å². The highest BCUT2D eigenvalue weighted by Gasteiger charge is 2.33. The normalized spacial score (nSPS) is 13.6. The van der Waals surface area contributed by atoms with E-state index in [0.717, 1.165) is 77.4 Å². The lowest BCUT2D eigenvalue weighted by Gasteiger charge is -2.26. The summed E-state index contributed by atoms with van der Waals surface area (Å²) in [6.07, 6.45) is 0.716. The van der Waals surface area contributed by atoms with Gasteiger partial charge >= 0.3 is 0 Å². The van der Waals surface area contributed by atoms with E-state index >= 15 is 0 Å². The first-order valence-corrected chi connectivity index (χ1v) is 19.7. The fourth-order valence-corrected chi connectivity index (χ4v) is 8.97. The van der Waals surface area contributed by atoms with Crippen LogP contribution in [0.1, 0.15) is 22.8 Å². The molecule has 1 aliphatic rings. The fourth-order valence-electron chi connectivity index (χ4n) is 8.97. The van der Waals surface area contributed by atoms with Crippen LogP contribution in [0.5, 0.6) is 0 Å². The largest absolute Gasteiger partial charge is 0.460 e. The molecular formula is C53H33N3O2. The first kappa shape index (κ1) is 32.6. The van der Waals surface area contributed by atoms with Gasteiger partial charge in [0, 0.05) is 56.3 Å². The third kappa shape index (κ3) is 5.21. The van der Waals surface area contributed by atoms with Gasteiger partial charge < -0.3 is 8.83 Å². The maximum atomic E-state index is 6.89. The Morgan fingerprint density at radius 2 is 1.03 bits per heavy atom. The van der Waals surface area contributed by atoms with Gasteiger partial charge in [-0.15, -0.1) is 0 Å². The minimum Gasteiger partial charge on any atom is -0.460 e. The summed E-state index contributed by atoms with van der Waals surface area (Å²) in [7, 11) is 0. The van der Waals surface area contributed by atoms with Crippen molar-refractivity contribution in [2.45, 2.75) is 12.3 Å². The topological polar surface area (TPSA) is 65.0 Å². The molecular weight excluding hydrogens is 711 g/mol. The van der Waals surface area contributed by atoms with Crippen molar-refractivity contribution < 1.29 is 8.83 Å². The first-order valence-electron chi connectivity index (χ1n) is 19.7. The van der Waals surface area contributed by atoms with Crippen LogP contribution in [0.3, 0.4) is 0 Å². The van der Waals surface area contributed by atoms with E-state index in [-0.39, 0.29) is 5.92 Å². The minimum atomic E-state index is 0.00610. The zero-order valence-electron chi connectivity index (χ0n) is 31.3. The van der Waals surface area contributed by atoms with Gasteiger partial charge in [-0.05, 0) is 57.3 Å². The van der Waals surface area contributed by atoms with Gasteiger partial charge in [0.1, 0.15) is 22.5 Å². The van der Waals surface area contributed by atoms with E-state index in [1.165, 1.54) is 22.1 Å². The maximum absolute atomic E-state index is 6.89. The molecule has 272 valence electrons. The highest BCUT2D eigenvalue weighted by atomic mass is 16.3. The molecule has 3 heterocycles. The maximum Gasteiger partial charge on any atom is 0.164 e. The summed E-state index contributed by atoms with van der Waals surface area (Å²) in [6, 6.07) is 63.4. The average Bonchev–Trinajstić information content (AvgIpc) is 3.88. The molecule has 0 radical (unpaired) electrons. The molecule has 3 aromatic heterocycles. The Bertz CT molecular complexity index is 3380. The zero-order chi connectivity index (χ0) is 38.2. The summed E-state index contributed by atoms with van der Waals surface area (Å²) >= 11 is 0. The molecule has 12 rings (SSSR count). The second-order valence-corrected chi connectivity index (χ2v) is 15.1. The predicted molar refractivity (Wildman–Crippen MR) is 234 cm³/mol. The van der Waals surface area contributed by atoms with Crippen LogP contribution in [0.25, 0.3) is 100 Å². The van der Waals surface area contributed by atoms with E-state index in [1.807, 2.05) is 24.3 Å². The second-order valence-electron chi connectivity index (χ2n) is 15.1. The van der Waals surface area contributed by atoms with Crippen molar-refractivity contribution in [3.05, 3.63) is 199 Å². The Balaban J connectivity index is 1.06. The monoisotopic (exact) mass is 743 g/mol. The van der Waals surface area contributed by atoms with Crippen LogP contribution in [0.4, 0.5) is 0 Å². The average molecular weight is 744 g/mol. The number of hydrogen-bond donors (Lipinski definition) is 0. The molecule has 0 N–H and O–H groups in total. The molecule has 1 atom stereocenters. The third-order valence-electron chi connectivity index (χ3n) is 11.7. The smallest absolute Gasteiger partial charge is 0.164 e. The van der Waals surface area contributed by atoms with Gasteiger partial charge in [0.15, 0.2) is 17.5 Å². The summed E-state index contributed by atoms with van der Waals surface area (Å²) in [4.78, 5) is 15.7. The number of rotatable bonds is 5. The van der Waals surface area contributed by atoms with Crippen molar-refractivity contribution in [2.24, 2.45) is 0 Å². The number of benzene rings is 8. The molecule has 0 amide bonds. The van der Waals surface area contributed by atoms with E-state index < -0.39 is 0 Å². The molecule has 0 saturated heterocycles. The molecule has 58 heavy (non-hydrogen) atoms. The number of fused-ring (bicyclic) bond motifs is 9. The molecule has 0 aliphatic heterocycles. The number of nitrogens with zero attached hydrogens (tertiary/aromatic N) is 3. The Hall–Kier alpha value is -7.63. The van der Waals surface area contributed by atoms with E-state index in [9.17, 15) is 0 Å². The Morgan fingerprint density at radius 3 is 1.88 bits per heavy atom. The Labute approximate surface area is 333 Å². The van der Waals surface area contributed by atoms with Crippen molar-refractivity contribution in [3.8, 4) is 56.4 Å². The summed E-state index contributed by atoms with van der Waals surface area (Å²) in [6.45, 7) is 0. The summed E-state index contributed by atoms with van der Waals surface area (Å²) < 4.78 is 13.5. The molecule has 11 aromatic rings. The van der Waals surface area contributed by atoms with Crippen LogP contribution in [-0.4, -0.2) is 15.0 Å². The van der Waals surface area contributed by atoms with Crippen molar-refractivity contribution in [1.29, 1.82) is 0 Å². The van der Waals surface area contributed by atoms with Gasteiger partial charge in [-0.3, -0.25) is 0 Å². The zero-order valence-corrected chi connectivity index (χ0v) is 31.3. The summed E-state index contributed by atoms with van der Waals surface area (Å²) in [5.41, 5.74) is 12.3. The lowest BCUT2D eigenvalue weighted by Crippen LogP contribution is -2.12. The molecule has 8 aromatic carbocycles. The summed E-state index contributed by atoms with van der Waals surface area (Å²) in [5.74, 6) is 2.82. The highest BCUT2D eigenvalue weighted by Crippen LogP contribution is 2.50. The lowest BCUT2D eigenvalue weighted by atomic mass is 9.77. The Kier molecular flexibility index (Phi) is 7.29. The van der Waals surface area contributed by atoms with E-state index in [2.05, 4.69) is 158 Å². The first-order chi connectivity index (χ1) is 28.7. The van der Waals surface area contributed by atoms with Crippen LogP contribution < -0.4 is 0 Å². The number of para-hydroxylation sites is 2. The van der Waals surface area contributed by atoms with Crippen LogP contribution >= 0.6 is 0 Å². The lowest BCUT2D eigenvalue weighted by molar-refractivity contribution is 0.529. The molecule has 0 bridgehead atoms. The molecule has 0 spiro atoms. The van der Waals surface area contributed by atoms with Gasteiger partial charge in [-0.25, -0.2) is 15.0 Å². The van der Waals surface area contributed by atoms with Gasteiger partial charge in [-0.1, -0.05) is 158 Å².